The van der Waals surface area contributed by atoms with E-state index in [-0.39, 0.29) is 22.5 Å². The summed E-state index contributed by atoms with van der Waals surface area (Å²) in [6.07, 6.45) is 3.56. The topological polar surface area (TPSA) is 72.5 Å². The smallest absolute Gasteiger partial charge is 0.335 e. The van der Waals surface area contributed by atoms with Crippen molar-refractivity contribution in [2.45, 2.75) is 46.1 Å². The Bertz CT molecular complexity index is 596. The third-order valence-electron chi connectivity index (χ3n) is 6.24. The minimum absolute atomic E-state index is 0.109. The molecule has 0 heterocycles. The number of carboxylic acid groups (broad SMARTS) is 1. The van der Waals surface area contributed by atoms with Gasteiger partial charge in [-0.3, -0.25) is 0 Å². The summed E-state index contributed by atoms with van der Waals surface area (Å²) in [5.74, 6) is 0.222. The number of hydrogen-bond donors (Lipinski definition) is 2. The Kier molecular flexibility index (Phi) is 2.98. The maximum atomic E-state index is 11.1. The van der Waals surface area contributed by atoms with Crippen LogP contribution in [0.3, 0.4) is 0 Å². The van der Waals surface area contributed by atoms with Gasteiger partial charge in [0.05, 0.1) is 11.3 Å². The Balaban J connectivity index is 1.89. The molecule has 0 radical (unpaired) electrons. The summed E-state index contributed by atoms with van der Waals surface area (Å²) in [6.45, 7) is 6.94. The summed E-state index contributed by atoms with van der Waals surface area (Å²) in [4.78, 5) is 11.1. The Morgan fingerprint density at radius 2 is 2.10 bits per heavy atom. The molecule has 2 fully saturated rings. The summed E-state index contributed by atoms with van der Waals surface area (Å²) >= 11 is 0. The van der Waals surface area contributed by atoms with Crippen LogP contribution in [0, 0.1) is 16.7 Å². The number of aromatic carboxylic acids is 1. The average molecular weight is 289 g/mol. The molecule has 0 aliphatic heterocycles. The number of fused-ring (bicyclic) bond motifs is 2. The fourth-order valence-electron chi connectivity index (χ4n) is 4.23. The molecule has 3 atom stereocenters. The van der Waals surface area contributed by atoms with E-state index in [1.54, 1.807) is 12.1 Å². The third-order valence-corrected chi connectivity index (χ3v) is 6.24. The van der Waals surface area contributed by atoms with E-state index in [9.17, 15) is 4.79 Å². The van der Waals surface area contributed by atoms with Crippen molar-refractivity contribution in [3.05, 3.63) is 23.8 Å². The van der Waals surface area contributed by atoms with Gasteiger partial charge >= 0.3 is 5.97 Å². The first-order chi connectivity index (χ1) is 9.75. The lowest BCUT2D eigenvalue weighted by molar-refractivity contribution is 0.0305. The number of anilines is 1. The normalized spacial score (nSPS) is 33.1. The summed E-state index contributed by atoms with van der Waals surface area (Å²) in [6, 6.07) is 4.66. The van der Waals surface area contributed by atoms with E-state index in [0.29, 0.717) is 17.4 Å². The lowest BCUT2D eigenvalue weighted by Gasteiger charge is -2.39. The van der Waals surface area contributed by atoms with Crippen LogP contribution in [0.5, 0.6) is 5.75 Å². The molecule has 4 nitrogen and oxygen atoms in total. The van der Waals surface area contributed by atoms with Crippen LogP contribution in [0.4, 0.5) is 5.69 Å². The molecule has 2 aliphatic carbocycles. The lowest BCUT2D eigenvalue weighted by atomic mass is 9.70. The SMILES string of the molecule is CC1(C)C2CCC1(C)C(Oc1cc(C(=O)O)ccc1N)C2. The number of nitrogen functional groups attached to an aromatic ring is 1. The standard InChI is InChI=1S/C17H23NO3/c1-16(2)11-6-7-17(16,3)14(9-11)21-13-8-10(15(19)20)4-5-12(13)18/h4-5,8,11,14H,6-7,9,18H2,1-3H3,(H,19,20). The van der Waals surface area contributed by atoms with Gasteiger partial charge in [0.1, 0.15) is 11.9 Å². The summed E-state index contributed by atoms with van der Waals surface area (Å²) in [5.41, 5.74) is 7.07. The number of hydrogen-bond acceptors (Lipinski definition) is 3. The Hall–Kier alpha value is -1.71. The van der Waals surface area contributed by atoms with Crippen molar-refractivity contribution in [1.29, 1.82) is 0 Å². The first-order valence-electron chi connectivity index (χ1n) is 7.55. The van der Waals surface area contributed by atoms with Crippen LogP contribution in [-0.4, -0.2) is 17.2 Å². The highest BCUT2D eigenvalue weighted by Crippen LogP contribution is 2.66. The molecule has 2 aliphatic rings. The van der Waals surface area contributed by atoms with Crippen LogP contribution in [0.15, 0.2) is 18.2 Å². The largest absolute Gasteiger partial charge is 0.488 e. The van der Waals surface area contributed by atoms with E-state index in [1.165, 1.54) is 12.5 Å². The van der Waals surface area contributed by atoms with Crippen molar-refractivity contribution in [2.24, 2.45) is 16.7 Å². The summed E-state index contributed by atoms with van der Waals surface area (Å²) in [7, 11) is 0. The van der Waals surface area contributed by atoms with Crippen molar-refractivity contribution in [1.82, 2.24) is 0 Å². The molecule has 3 unspecified atom stereocenters. The van der Waals surface area contributed by atoms with Crippen LogP contribution >= 0.6 is 0 Å². The van der Waals surface area contributed by atoms with Gasteiger partial charge in [-0.2, -0.15) is 0 Å². The number of ether oxygens (including phenoxy) is 1. The van der Waals surface area contributed by atoms with Gasteiger partial charge in [-0.25, -0.2) is 4.79 Å². The van der Waals surface area contributed by atoms with Crippen LogP contribution in [0.1, 0.15) is 50.4 Å². The first kappa shape index (κ1) is 14.2. The minimum Gasteiger partial charge on any atom is -0.488 e. The summed E-state index contributed by atoms with van der Waals surface area (Å²) < 4.78 is 6.18. The van der Waals surface area contributed by atoms with Crippen molar-refractivity contribution in [2.75, 3.05) is 5.73 Å². The molecule has 1 aromatic rings. The van der Waals surface area contributed by atoms with E-state index in [1.807, 2.05) is 0 Å². The predicted octanol–water partition coefficient (Wildman–Crippen LogP) is 3.56. The predicted molar refractivity (Wildman–Crippen MR) is 81.5 cm³/mol. The molecule has 114 valence electrons. The Morgan fingerprint density at radius 3 is 2.62 bits per heavy atom. The molecule has 2 bridgehead atoms. The number of nitrogens with two attached hydrogens (primary N) is 1. The molecule has 4 heteroatoms. The maximum Gasteiger partial charge on any atom is 0.335 e. The fourth-order valence-corrected chi connectivity index (χ4v) is 4.23. The van der Waals surface area contributed by atoms with Crippen LogP contribution in [0.2, 0.25) is 0 Å². The van der Waals surface area contributed by atoms with E-state index >= 15 is 0 Å². The molecule has 3 rings (SSSR count). The van der Waals surface area contributed by atoms with Crippen molar-refractivity contribution >= 4 is 11.7 Å². The van der Waals surface area contributed by atoms with E-state index < -0.39 is 5.97 Å². The molecule has 0 aromatic heterocycles. The molecular weight excluding hydrogens is 266 g/mol. The lowest BCUT2D eigenvalue weighted by Crippen LogP contribution is -2.39. The van der Waals surface area contributed by atoms with E-state index in [0.717, 1.165) is 12.8 Å². The quantitative estimate of drug-likeness (QED) is 0.834. The maximum absolute atomic E-state index is 11.1. The average Bonchev–Trinajstić information content (AvgIpc) is 2.74. The van der Waals surface area contributed by atoms with Crippen LogP contribution < -0.4 is 10.5 Å². The van der Waals surface area contributed by atoms with Crippen molar-refractivity contribution < 1.29 is 14.6 Å². The molecule has 0 spiro atoms. The van der Waals surface area contributed by atoms with Gasteiger partial charge in [0, 0.05) is 5.41 Å². The van der Waals surface area contributed by atoms with Gasteiger partial charge in [-0.1, -0.05) is 20.8 Å². The number of carbonyl (C=O) groups is 1. The van der Waals surface area contributed by atoms with E-state index in [4.69, 9.17) is 15.6 Å². The molecular formula is C17H23NO3. The zero-order valence-electron chi connectivity index (χ0n) is 12.8. The molecule has 1 aromatic carbocycles. The number of rotatable bonds is 3. The van der Waals surface area contributed by atoms with Gasteiger partial charge in [-0.05, 0) is 48.8 Å². The third kappa shape index (κ3) is 1.92. The molecule has 0 amide bonds. The monoisotopic (exact) mass is 289 g/mol. The molecule has 0 saturated heterocycles. The highest BCUT2D eigenvalue weighted by molar-refractivity contribution is 5.89. The second-order valence-corrected chi connectivity index (χ2v) is 7.27. The van der Waals surface area contributed by atoms with Crippen LogP contribution in [-0.2, 0) is 0 Å². The zero-order chi connectivity index (χ0) is 15.4. The molecule has 21 heavy (non-hydrogen) atoms. The highest BCUT2D eigenvalue weighted by Gasteiger charge is 2.62. The second-order valence-electron chi connectivity index (χ2n) is 7.27. The van der Waals surface area contributed by atoms with Gasteiger partial charge in [0.15, 0.2) is 0 Å². The number of benzene rings is 1. The Labute approximate surface area is 125 Å². The number of carboxylic acids is 1. The minimum atomic E-state index is -0.959. The fraction of sp³-hybridized carbons (Fsp3) is 0.588. The highest BCUT2D eigenvalue weighted by atomic mass is 16.5. The zero-order valence-corrected chi connectivity index (χ0v) is 12.8. The Morgan fingerprint density at radius 1 is 1.38 bits per heavy atom. The van der Waals surface area contributed by atoms with Gasteiger partial charge in [-0.15, -0.1) is 0 Å². The van der Waals surface area contributed by atoms with Gasteiger partial charge in [0.2, 0.25) is 0 Å². The van der Waals surface area contributed by atoms with Crippen molar-refractivity contribution in [3.63, 3.8) is 0 Å². The first-order valence-corrected chi connectivity index (χ1v) is 7.55. The van der Waals surface area contributed by atoms with Crippen molar-refractivity contribution in [3.8, 4) is 5.75 Å². The van der Waals surface area contributed by atoms with E-state index in [2.05, 4.69) is 20.8 Å². The van der Waals surface area contributed by atoms with Crippen LogP contribution in [0.25, 0.3) is 0 Å². The summed E-state index contributed by atoms with van der Waals surface area (Å²) in [5, 5.41) is 9.10. The molecule has 2 saturated carbocycles. The van der Waals surface area contributed by atoms with Gasteiger partial charge in [0.25, 0.3) is 0 Å². The molecule has 3 N–H and O–H groups in total. The van der Waals surface area contributed by atoms with Gasteiger partial charge < -0.3 is 15.6 Å². The second kappa shape index (κ2) is 4.39.